The second-order valence-electron chi connectivity index (χ2n) is 5.30. The predicted molar refractivity (Wildman–Crippen MR) is 89.2 cm³/mol. The van der Waals surface area contributed by atoms with Gasteiger partial charge in [0.1, 0.15) is 6.04 Å². The van der Waals surface area contributed by atoms with Crippen molar-refractivity contribution in [2.24, 2.45) is 0 Å². The van der Waals surface area contributed by atoms with Crippen LogP contribution in [0.4, 0.5) is 5.95 Å². The summed E-state index contributed by atoms with van der Waals surface area (Å²) >= 11 is 0. The van der Waals surface area contributed by atoms with Gasteiger partial charge in [0.05, 0.1) is 0 Å². The average Bonchev–Trinajstić information content (AvgIpc) is 2.58. The number of aliphatic carboxylic acids is 1. The Hall–Kier alpha value is -2.47. The highest BCUT2D eigenvalue weighted by atomic mass is 16.4. The van der Waals surface area contributed by atoms with E-state index in [1.165, 1.54) is 0 Å². The first kappa shape index (κ1) is 16.9. The molecule has 23 heavy (non-hydrogen) atoms. The molecule has 1 atom stereocenters. The fraction of sp³-hybridized carbons (Fsp3) is 0.353. The zero-order valence-corrected chi connectivity index (χ0v) is 13.2. The molecule has 0 radical (unpaired) electrons. The molecule has 0 aliphatic carbocycles. The first-order chi connectivity index (χ1) is 11.2. The number of hydrogen-bond acceptors (Lipinski definition) is 5. The van der Waals surface area contributed by atoms with Gasteiger partial charge in [-0.1, -0.05) is 37.3 Å². The monoisotopic (exact) mass is 314 g/mol. The molecule has 0 spiro atoms. The van der Waals surface area contributed by atoms with Crippen molar-refractivity contribution >= 4 is 11.9 Å². The standard InChI is InChI=1S/C17H22N4O2/c1-2-8-18-17-20-11-14(12-21-17)10-19-15(16(22)23)9-13-6-4-3-5-7-13/h3-7,11-12,15,19H,2,8-10H2,1H3,(H,22,23)(H,18,20,21)/t15-/m1/s1. The molecule has 0 aliphatic rings. The van der Waals surface area contributed by atoms with Crippen LogP contribution in [0.15, 0.2) is 42.7 Å². The van der Waals surface area contributed by atoms with E-state index < -0.39 is 12.0 Å². The zero-order chi connectivity index (χ0) is 16.5. The van der Waals surface area contributed by atoms with Crippen LogP contribution < -0.4 is 10.6 Å². The Labute approximate surface area is 136 Å². The third-order valence-electron chi connectivity index (χ3n) is 3.37. The maximum atomic E-state index is 11.4. The number of hydrogen-bond donors (Lipinski definition) is 3. The normalized spacial score (nSPS) is 11.9. The molecule has 6 heteroatoms. The van der Waals surface area contributed by atoms with E-state index in [1.807, 2.05) is 30.3 Å². The number of carbonyl (C=O) groups is 1. The van der Waals surface area contributed by atoms with Crippen LogP contribution in [0.2, 0.25) is 0 Å². The van der Waals surface area contributed by atoms with Gasteiger partial charge in [-0.15, -0.1) is 0 Å². The number of benzene rings is 1. The molecule has 0 amide bonds. The van der Waals surface area contributed by atoms with Gasteiger partial charge in [0.2, 0.25) is 5.95 Å². The van der Waals surface area contributed by atoms with E-state index >= 15 is 0 Å². The predicted octanol–water partition coefficient (Wildman–Crippen LogP) is 2.08. The summed E-state index contributed by atoms with van der Waals surface area (Å²) in [6.45, 7) is 3.32. The van der Waals surface area contributed by atoms with Crippen molar-refractivity contribution in [2.75, 3.05) is 11.9 Å². The highest BCUT2D eigenvalue weighted by molar-refractivity contribution is 5.73. The first-order valence-corrected chi connectivity index (χ1v) is 7.74. The second kappa shape index (κ2) is 8.85. The first-order valence-electron chi connectivity index (χ1n) is 7.74. The summed E-state index contributed by atoms with van der Waals surface area (Å²) < 4.78 is 0. The largest absolute Gasteiger partial charge is 0.480 e. The summed E-state index contributed by atoms with van der Waals surface area (Å²) in [4.78, 5) is 19.8. The van der Waals surface area contributed by atoms with E-state index in [9.17, 15) is 9.90 Å². The van der Waals surface area contributed by atoms with E-state index in [2.05, 4.69) is 27.5 Å². The maximum absolute atomic E-state index is 11.4. The van der Waals surface area contributed by atoms with Crippen LogP contribution >= 0.6 is 0 Å². The number of carboxylic acid groups (broad SMARTS) is 1. The minimum atomic E-state index is -0.865. The van der Waals surface area contributed by atoms with Gasteiger partial charge in [0.25, 0.3) is 0 Å². The molecule has 0 saturated carbocycles. The molecule has 0 aliphatic heterocycles. The lowest BCUT2D eigenvalue weighted by molar-refractivity contribution is -0.139. The average molecular weight is 314 g/mol. The van der Waals surface area contributed by atoms with Gasteiger partial charge in [-0.25, -0.2) is 9.97 Å². The van der Waals surface area contributed by atoms with Gasteiger partial charge in [0, 0.05) is 31.0 Å². The molecule has 3 N–H and O–H groups in total. The van der Waals surface area contributed by atoms with Crippen LogP contribution in [0.5, 0.6) is 0 Å². The van der Waals surface area contributed by atoms with Gasteiger partial charge in [-0.05, 0) is 18.4 Å². The SMILES string of the molecule is CCCNc1ncc(CN[C@H](Cc2ccccc2)C(=O)O)cn1. The molecular weight excluding hydrogens is 292 g/mol. The van der Waals surface area contributed by atoms with E-state index in [4.69, 9.17) is 0 Å². The third-order valence-corrected chi connectivity index (χ3v) is 3.37. The Morgan fingerprint density at radius 2 is 1.87 bits per heavy atom. The number of rotatable bonds is 9. The van der Waals surface area contributed by atoms with Crippen molar-refractivity contribution < 1.29 is 9.90 Å². The molecule has 1 aromatic carbocycles. The zero-order valence-electron chi connectivity index (χ0n) is 13.2. The van der Waals surface area contributed by atoms with Crippen LogP contribution in [0.3, 0.4) is 0 Å². The van der Waals surface area contributed by atoms with Gasteiger partial charge >= 0.3 is 5.97 Å². The number of aromatic nitrogens is 2. The number of carboxylic acids is 1. The van der Waals surface area contributed by atoms with E-state index in [-0.39, 0.29) is 0 Å². The topological polar surface area (TPSA) is 87.1 Å². The lowest BCUT2D eigenvalue weighted by Crippen LogP contribution is -2.38. The van der Waals surface area contributed by atoms with Crippen molar-refractivity contribution in [3.05, 3.63) is 53.9 Å². The van der Waals surface area contributed by atoms with Crippen molar-refractivity contribution in [3.8, 4) is 0 Å². The molecule has 2 rings (SSSR count). The maximum Gasteiger partial charge on any atom is 0.321 e. The molecular formula is C17H22N4O2. The summed E-state index contributed by atoms with van der Waals surface area (Å²) in [6.07, 6.45) is 4.86. The van der Waals surface area contributed by atoms with Gasteiger partial charge in [-0.3, -0.25) is 10.1 Å². The Kier molecular flexibility index (Phi) is 6.50. The fourth-order valence-electron chi connectivity index (χ4n) is 2.11. The van der Waals surface area contributed by atoms with Crippen LogP contribution in [-0.4, -0.2) is 33.6 Å². The molecule has 0 saturated heterocycles. The quantitative estimate of drug-likeness (QED) is 0.657. The van der Waals surface area contributed by atoms with Crippen molar-refractivity contribution in [1.29, 1.82) is 0 Å². The van der Waals surface area contributed by atoms with Crippen molar-refractivity contribution in [2.45, 2.75) is 32.4 Å². The van der Waals surface area contributed by atoms with Crippen molar-refractivity contribution in [3.63, 3.8) is 0 Å². The van der Waals surface area contributed by atoms with Gasteiger partial charge < -0.3 is 10.4 Å². The molecule has 1 aromatic heterocycles. The number of anilines is 1. The summed E-state index contributed by atoms with van der Waals surface area (Å²) in [5.41, 5.74) is 1.84. The molecule has 122 valence electrons. The number of nitrogens with one attached hydrogen (secondary N) is 2. The highest BCUT2D eigenvalue weighted by Gasteiger charge is 2.17. The molecule has 1 heterocycles. The Morgan fingerprint density at radius 3 is 2.48 bits per heavy atom. The summed E-state index contributed by atoms with van der Waals surface area (Å²) in [5.74, 6) is -0.273. The van der Waals surface area contributed by atoms with Crippen LogP contribution in [0.1, 0.15) is 24.5 Å². The lowest BCUT2D eigenvalue weighted by Gasteiger charge is -2.14. The molecule has 0 bridgehead atoms. The third kappa shape index (κ3) is 5.67. The Balaban J connectivity index is 1.89. The minimum absolute atomic E-state index is 0.415. The molecule has 0 fully saturated rings. The highest BCUT2D eigenvalue weighted by Crippen LogP contribution is 2.05. The van der Waals surface area contributed by atoms with Gasteiger partial charge in [-0.2, -0.15) is 0 Å². The lowest BCUT2D eigenvalue weighted by atomic mass is 10.1. The van der Waals surface area contributed by atoms with Crippen LogP contribution in [0.25, 0.3) is 0 Å². The Morgan fingerprint density at radius 1 is 1.17 bits per heavy atom. The minimum Gasteiger partial charge on any atom is -0.480 e. The summed E-state index contributed by atoms with van der Waals surface area (Å²) in [5, 5.41) is 15.5. The molecule has 0 unspecified atom stereocenters. The van der Waals surface area contributed by atoms with E-state index in [0.29, 0.717) is 18.9 Å². The summed E-state index contributed by atoms with van der Waals surface area (Å²) in [7, 11) is 0. The smallest absolute Gasteiger partial charge is 0.321 e. The van der Waals surface area contributed by atoms with Gasteiger partial charge in [0.15, 0.2) is 0 Å². The second-order valence-corrected chi connectivity index (χ2v) is 5.30. The fourth-order valence-corrected chi connectivity index (χ4v) is 2.11. The Bertz CT molecular complexity index is 602. The van der Waals surface area contributed by atoms with E-state index in [0.717, 1.165) is 24.1 Å². The number of nitrogens with zero attached hydrogens (tertiary/aromatic N) is 2. The van der Waals surface area contributed by atoms with Crippen LogP contribution in [-0.2, 0) is 17.8 Å². The molecule has 2 aromatic rings. The summed E-state index contributed by atoms with van der Waals surface area (Å²) in [6, 6.07) is 8.94. The van der Waals surface area contributed by atoms with Crippen molar-refractivity contribution in [1.82, 2.24) is 15.3 Å². The molecule has 6 nitrogen and oxygen atoms in total. The van der Waals surface area contributed by atoms with Crippen LogP contribution in [0, 0.1) is 0 Å². The van der Waals surface area contributed by atoms with E-state index in [1.54, 1.807) is 12.4 Å².